The van der Waals surface area contributed by atoms with Crippen LogP contribution >= 0.6 is 0 Å². The summed E-state index contributed by atoms with van der Waals surface area (Å²) in [7, 11) is 0. The zero-order valence-electron chi connectivity index (χ0n) is 11.9. The monoisotopic (exact) mass is 253 g/mol. The number of benzene rings is 2. The van der Waals surface area contributed by atoms with Crippen LogP contribution in [0.25, 0.3) is 0 Å². The standard InChI is InChI=1S/C18H23N/c1-3-5-15-8-12-17(13-9-15)18(19)16-10-6-14(4-2)7-11-16/h6-13,18H,3-5,19H2,1-2H3. The Bertz CT molecular complexity index is 496. The number of hydrogen-bond acceptors (Lipinski definition) is 1. The van der Waals surface area contributed by atoms with Crippen LogP contribution < -0.4 is 5.73 Å². The fraction of sp³-hybridized carbons (Fsp3) is 0.333. The first kappa shape index (κ1) is 13.8. The number of rotatable bonds is 5. The minimum absolute atomic E-state index is 0.0263. The van der Waals surface area contributed by atoms with Gasteiger partial charge in [0.05, 0.1) is 6.04 Å². The molecule has 2 rings (SSSR count). The predicted molar refractivity (Wildman–Crippen MR) is 82.3 cm³/mol. The Labute approximate surface area is 116 Å². The van der Waals surface area contributed by atoms with Gasteiger partial charge in [-0.05, 0) is 35.1 Å². The van der Waals surface area contributed by atoms with Crippen LogP contribution in [0.15, 0.2) is 48.5 Å². The van der Waals surface area contributed by atoms with Crippen LogP contribution in [0, 0.1) is 0 Å². The zero-order valence-corrected chi connectivity index (χ0v) is 11.9. The van der Waals surface area contributed by atoms with Crippen molar-refractivity contribution in [2.24, 2.45) is 5.73 Å². The van der Waals surface area contributed by atoms with Gasteiger partial charge in [0.25, 0.3) is 0 Å². The van der Waals surface area contributed by atoms with Crippen LogP contribution in [-0.4, -0.2) is 0 Å². The van der Waals surface area contributed by atoms with Gasteiger partial charge in [0.15, 0.2) is 0 Å². The minimum Gasteiger partial charge on any atom is -0.320 e. The van der Waals surface area contributed by atoms with Crippen molar-refractivity contribution < 1.29 is 0 Å². The smallest absolute Gasteiger partial charge is 0.0551 e. The molecule has 1 nitrogen and oxygen atoms in total. The SMILES string of the molecule is CCCc1ccc(C(N)c2ccc(CC)cc2)cc1. The second-order valence-corrected chi connectivity index (χ2v) is 5.06. The molecule has 0 aliphatic carbocycles. The molecule has 0 saturated carbocycles. The number of aryl methyl sites for hydroxylation is 2. The Balaban J connectivity index is 2.15. The molecule has 0 heterocycles. The van der Waals surface area contributed by atoms with E-state index >= 15 is 0 Å². The summed E-state index contributed by atoms with van der Waals surface area (Å²) in [5.41, 5.74) is 11.4. The van der Waals surface area contributed by atoms with Crippen LogP contribution in [0.4, 0.5) is 0 Å². The second-order valence-electron chi connectivity index (χ2n) is 5.06. The maximum Gasteiger partial charge on any atom is 0.0551 e. The molecule has 0 spiro atoms. The fourth-order valence-corrected chi connectivity index (χ4v) is 2.33. The van der Waals surface area contributed by atoms with E-state index in [0.717, 1.165) is 12.8 Å². The van der Waals surface area contributed by atoms with Gasteiger partial charge < -0.3 is 5.73 Å². The lowest BCUT2D eigenvalue weighted by atomic mass is 9.97. The molecule has 1 unspecified atom stereocenters. The molecule has 2 N–H and O–H groups in total. The highest BCUT2D eigenvalue weighted by atomic mass is 14.6. The van der Waals surface area contributed by atoms with E-state index in [2.05, 4.69) is 62.4 Å². The molecule has 1 atom stereocenters. The van der Waals surface area contributed by atoms with E-state index in [9.17, 15) is 0 Å². The van der Waals surface area contributed by atoms with E-state index < -0.39 is 0 Å². The van der Waals surface area contributed by atoms with Crippen molar-refractivity contribution in [3.63, 3.8) is 0 Å². The second kappa shape index (κ2) is 6.53. The van der Waals surface area contributed by atoms with E-state index in [-0.39, 0.29) is 6.04 Å². The van der Waals surface area contributed by atoms with Gasteiger partial charge >= 0.3 is 0 Å². The normalized spacial score (nSPS) is 12.4. The van der Waals surface area contributed by atoms with Crippen molar-refractivity contribution >= 4 is 0 Å². The number of hydrogen-bond donors (Lipinski definition) is 1. The quantitative estimate of drug-likeness (QED) is 0.847. The first-order valence-electron chi connectivity index (χ1n) is 7.17. The van der Waals surface area contributed by atoms with Gasteiger partial charge in [-0.3, -0.25) is 0 Å². The van der Waals surface area contributed by atoms with E-state index in [1.807, 2.05) is 0 Å². The van der Waals surface area contributed by atoms with Crippen molar-refractivity contribution in [2.45, 2.75) is 39.2 Å². The molecule has 0 amide bonds. The molecular weight excluding hydrogens is 230 g/mol. The molecule has 0 fully saturated rings. The minimum atomic E-state index is -0.0263. The molecule has 0 saturated heterocycles. The summed E-state index contributed by atoms with van der Waals surface area (Å²) in [5, 5.41) is 0. The van der Waals surface area contributed by atoms with E-state index in [0.29, 0.717) is 0 Å². The van der Waals surface area contributed by atoms with Gasteiger partial charge in [0, 0.05) is 0 Å². The largest absolute Gasteiger partial charge is 0.320 e. The predicted octanol–water partition coefficient (Wildman–Crippen LogP) is 4.25. The summed E-state index contributed by atoms with van der Waals surface area (Å²) in [6, 6.07) is 17.3. The third-order valence-corrected chi connectivity index (χ3v) is 3.62. The van der Waals surface area contributed by atoms with Crippen LogP contribution in [0.1, 0.15) is 48.6 Å². The van der Waals surface area contributed by atoms with Crippen LogP contribution in [0.2, 0.25) is 0 Å². The third-order valence-electron chi connectivity index (χ3n) is 3.62. The summed E-state index contributed by atoms with van der Waals surface area (Å²) in [6.45, 7) is 4.37. The van der Waals surface area contributed by atoms with Gasteiger partial charge in [-0.25, -0.2) is 0 Å². The fourth-order valence-electron chi connectivity index (χ4n) is 2.33. The highest BCUT2D eigenvalue weighted by molar-refractivity contribution is 5.34. The first-order chi connectivity index (χ1) is 9.24. The van der Waals surface area contributed by atoms with Gasteiger partial charge in [0.2, 0.25) is 0 Å². The van der Waals surface area contributed by atoms with Crippen LogP contribution in [0.3, 0.4) is 0 Å². The average molecular weight is 253 g/mol. The lowest BCUT2D eigenvalue weighted by Gasteiger charge is -2.13. The van der Waals surface area contributed by atoms with Crippen LogP contribution in [-0.2, 0) is 12.8 Å². The Morgan fingerprint density at radius 3 is 1.68 bits per heavy atom. The molecule has 1 heteroatoms. The summed E-state index contributed by atoms with van der Waals surface area (Å²) in [6.07, 6.45) is 3.39. The van der Waals surface area contributed by atoms with Gasteiger partial charge in [0.1, 0.15) is 0 Å². The summed E-state index contributed by atoms with van der Waals surface area (Å²) < 4.78 is 0. The topological polar surface area (TPSA) is 26.0 Å². The molecular formula is C18H23N. The highest BCUT2D eigenvalue weighted by Crippen LogP contribution is 2.21. The highest BCUT2D eigenvalue weighted by Gasteiger charge is 2.08. The van der Waals surface area contributed by atoms with Crippen molar-refractivity contribution in [3.05, 3.63) is 70.8 Å². The Morgan fingerprint density at radius 1 is 0.789 bits per heavy atom. The lowest BCUT2D eigenvalue weighted by molar-refractivity contribution is 0.863. The summed E-state index contributed by atoms with van der Waals surface area (Å²) >= 11 is 0. The third kappa shape index (κ3) is 3.45. The summed E-state index contributed by atoms with van der Waals surface area (Å²) in [4.78, 5) is 0. The van der Waals surface area contributed by atoms with Gasteiger partial charge in [-0.1, -0.05) is 68.8 Å². The molecule has 2 aromatic rings. The Kier molecular flexibility index (Phi) is 4.75. The van der Waals surface area contributed by atoms with Crippen molar-refractivity contribution in [1.82, 2.24) is 0 Å². The number of nitrogens with two attached hydrogens (primary N) is 1. The van der Waals surface area contributed by atoms with Crippen molar-refractivity contribution in [2.75, 3.05) is 0 Å². The van der Waals surface area contributed by atoms with Crippen molar-refractivity contribution in [3.8, 4) is 0 Å². The zero-order chi connectivity index (χ0) is 13.7. The van der Waals surface area contributed by atoms with E-state index in [1.165, 1.54) is 28.7 Å². The molecule has 0 radical (unpaired) electrons. The molecule has 0 bridgehead atoms. The maximum atomic E-state index is 6.33. The lowest BCUT2D eigenvalue weighted by Crippen LogP contribution is -2.11. The Morgan fingerprint density at radius 2 is 1.26 bits per heavy atom. The van der Waals surface area contributed by atoms with Gasteiger partial charge in [-0.15, -0.1) is 0 Å². The van der Waals surface area contributed by atoms with Crippen molar-refractivity contribution in [1.29, 1.82) is 0 Å². The first-order valence-corrected chi connectivity index (χ1v) is 7.17. The molecule has 100 valence electrons. The summed E-state index contributed by atoms with van der Waals surface area (Å²) in [5.74, 6) is 0. The maximum absolute atomic E-state index is 6.33. The van der Waals surface area contributed by atoms with Gasteiger partial charge in [-0.2, -0.15) is 0 Å². The van der Waals surface area contributed by atoms with E-state index in [4.69, 9.17) is 5.73 Å². The molecule has 0 aliphatic rings. The molecule has 19 heavy (non-hydrogen) atoms. The molecule has 0 aromatic heterocycles. The average Bonchev–Trinajstić information content (AvgIpc) is 2.48. The van der Waals surface area contributed by atoms with E-state index in [1.54, 1.807) is 0 Å². The molecule has 0 aliphatic heterocycles. The molecule has 2 aromatic carbocycles. The Hall–Kier alpha value is -1.60. The van der Waals surface area contributed by atoms with Crippen LogP contribution in [0.5, 0.6) is 0 Å².